The number of aromatic nitrogens is 1. The molecule has 0 aliphatic heterocycles. The summed E-state index contributed by atoms with van der Waals surface area (Å²) >= 11 is 0. The summed E-state index contributed by atoms with van der Waals surface area (Å²) in [4.78, 5) is 4.41. The third-order valence-electron chi connectivity index (χ3n) is 4.69. The molecule has 5 heteroatoms. The number of alkyl halides is 3. The third kappa shape index (κ3) is 3.56. The number of hydrogen-bond acceptors (Lipinski definition) is 2. The highest BCUT2D eigenvalue weighted by Gasteiger charge is 2.31. The van der Waals surface area contributed by atoms with Crippen LogP contribution in [0.4, 0.5) is 18.9 Å². The van der Waals surface area contributed by atoms with Crippen LogP contribution in [-0.4, -0.2) is 4.98 Å². The summed E-state index contributed by atoms with van der Waals surface area (Å²) in [5.74, 6) is 0. The van der Waals surface area contributed by atoms with Crippen LogP contribution in [-0.2, 0) is 12.6 Å². The molecule has 0 fully saturated rings. The molecule has 0 saturated heterocycles. The van der Waals surface area contributed by atoms with Gasteiger partial charge >= 0.3 is 6.18 Å². The van der Waals surface area contributed by atoms with Crippen LogP contribution >= 0.6 is 0 Å². The first kappa shape index (κ1) is 18.0. The van der Waals surface area contributed by atoms with Crippen molar-refractivity contribution >= 4 is 16.6 Å². The highest BCUT2D eigenvalue weighted by Crippen LogP contribution is 2.37. The van der Waals surface area contributed by atoms with Crippen LogP contribution in [0, 0.1) is 0 Å². The van der Waals surface area contributed by atoms with Crippen LogP contribution in [0.1, 0.15) is 16.7 Å². The number of nitrogen functional groups attached to an aromatic ring is 1. The molecule has 140 valence electrons. The van der Waals surface area contributed by atoms with E-state index in [9.17, 15) is 13.2 Å². The number of pyridine rings is 1. The number of nitrogens with zero attached hydrogens (tertiary/aromatic N) is 1. The summed E-state index contributed by atoms with van der Waals surface area (Å²) in [5, 5.41) is 0.467. The zero-order valence-electron chi connectivity index (χ0n) is 14.9. The second-order valence-electron chi connectivity index (χ2n) is 6.68. The van der Waals surface area contributed by atoms with E-state index in [-0.39, 0.29) is 0 Å². The highest BCUT2D eigenvalue weighted by atomic mass is 19.4. The Hall–Kier alpha value is -3.34. The molecule has 0 amide bonds. The molecule has 2 nitrogen and oxygen atoms in total. The Morgan fingerprint density at radius 3 is 2.36 bits per heavy atom. The van der Waals surface area contributed by atoms with Crippen molar-refractivity contribution < 1.29 is 13.2 Å². The van der Waals surface area contributed by atoms with Gasteiger partial charge in [-0.1, -0.05) is 42.5 Å². The quantitative estimate of drug-likeness (QED) is 0.438. The van der Waals surface area contributed by atoms with E-state index < -0.39 is 11.7 Å². The van der Waals surface area contributed by atoms with E-state index in [0.717, 1.165) is 28.3 Å². The third-order valence-corrected chi connectivity index (χ3v) is 4.69. The maximum atomic E-state index is 13.3. The molecule has 1 aromatic heterocycles. The molecule has 0 radical (unpaired) electrons. The van der Waals surface area contributed by atoms with E-state index in [2.05, 4.69) is 4.98 Å². The topological polar surface area (TPSA) is 38.9 Å². The van der Waals surface area contributed by atoms with Crippen LogP contribution in [0.2, 0.25) is 0 Å². The fourth-order valence-electron chi connectivity index (χ4n) is 3.40. The largest absolute Gasteiger partial charge is 0.416 e. The van der Waals surface area contributed by atoms with E-state index in [0.29, 0.717) is 23.0 Å². The Morgan fingerprint density at radius 2 is 1.64 bits per heavy atom. The normalized spacial score (nSPS) is 11.7. The monoisotopic (exact) mass is 378 g/mol. The lowest BCUT2D eigenvalue weighted by molar-refractivity contribution is -0.137. The van der Waals surface area contributed by atoms with Crippen molar-refractivity contribution in [2.24, 2.45) is 0 Å². The minimum Gasteiger partial charge on any atom is -0.399 e. The zero-order chi connectivity index (χ0) is 19.7. The van der Waals surface area contributed by atoms with E-state index in [4.69, 9.17) is 5.73 Å². The molecule has 3 aromatic carbocycles. The number of benzene rings is 3. The van der Waals surface area contributed by atoms with E-state index in [1.165, 1.54) is 12.1 Å². The highest BCUT2D eigenvalue weighted by molar-refractivity contribution is 5.97. The summed E-state index contributed by atoms with van der Waals surface area (Å²) in [6.07, 6.45) is -2.12. The van der Waals surface area contributed by atoms with Gasteiger partial charge in [0.1, 0.15) is 0 Å². The van der Waals surface area contributed by atoms with Crippen molar-refractivity contribution in [3.8, 4) is 11.1 Å². The predicted molar refractivity (Wildman–Crippen MR) is 106 cm³/mol. The minimum absolute atomic E-state index is 0.467. The molecule has 0 aliphatic carbocycles. The second kappa shape index (κ2) is 7.00. The Kier molecular flexibility index (Phi) is 4.51. The van der Waals surface area contributed by atoms with Crippen molar-refractivity contribution in [1.29, 1.82) is 0 Å². The Labute approximate surface area is 160 Å². The molecule has 0 bridgehead atoms. The first-order chi connectivity index (χ1) is 13.4. The summed E-state index contributed by atoms with van der Waals surface area (Å²) < 4.78 is 40.0. The molecular weight excluding hydrogens is 361 g/mol. The number of fused-ring (bicyclic) bond motifs is 1. The van der Waals surface area contributed by atoms with Gasteiger partial charge in [-0.05, 0) is 59.0 Å². The number of hydrogen-bond donors (Lipinski definition) is 1. The Bertz CT molecular complexity index is 1140. The maximum Gasteiger partial charge on any atom is 0.416 e. The maximum absolute atomic E-state index is 13.3. The van der Waals surface area contributed by atoms with Gasteiger partial charge in [0.15, 0.2) is 0 Å². The summed E-state index contributed by atoms with van der Waals surface area (Å²) in [7, 11) is 0. The summed E-state index contributed by atoms with van der Waals surface area (Å²) in [6, 6.07) is 20.6. The average Bonchev–Trinajstić information content (AvgIpc) is 2.67. The van der Waals surface area contributed by atoms with Crippen LogP contribution in [0.3, 0.4) is 0 Å². The molecular formula is C23H17F3N2. The van der Waals surface area contributed by atoms with E-state index in [1.807, 2.05) is 36.4 Å². The number of halogens is 3. The molecule has 28 heavy (non-hydrogen) atoms. The number of anilines is 1. The lowest BCUT2D eigenvalue weighted by atomic mass is 9.92. The van der Waals surface area contributed by atoms with Gasteiger partial charge in [0.2, 0.25) is 0 Å². The molecule has 4 rings (SSSR count). The Balaban J connectivity index is 1.99. The van der Waals surface area contributed by atoms with Gasteiger partial charge in [0, 0.05) is 17.3 Å². The van der Waals surface area contributed by atoms with Gasteiger partial charge in [-0.2, -0.15) is 13.2 Å². The van der Waals surface area contributed by atoms with Gasteiger partial charge in [0.05, 0.1) is 11.1 Å². The van der Waals surface area contributed by atoms with Gasteiger partial charge in [0.25, 0.3) is 0 Å². The lowest BCUT2D eigenvalue weighted by Crippen LogP contribution is -2.05. The fourth-order valence-corrected chi connectivity index (χ4v) is 3.40. The van der Waals surface area contributed by atoms with Crippen LogP contribution in [0.15, 0.2) is 79.0 Å². The van der Waals surface area contributed by atoms with Crippen molar-refractivity contribution in [2.45, 2.75) is 12.6 Å². The Morgan fingerprint density at radius 1 is 0.857 bits per heavy atom. The first-order valence-corrected chi connectivity index (χ1v) is 8.80. The van der Waals surface area contributed by atoms with Crippen molar-refractivity contribution in [3.63, 3.8) is 0 Å². The van der Waals surface area contributed by atoms with Gasteiger partial charge in [-0.3, -0.25) is 4.98 Å². The smallest absolute Gasteiger partial charge is 0.399 e. The van der Waals surface area contributed by atoms with Crippen molar-refractivity contribution in [1.82, 2.24) is 4.98 Å². The molecule has 4 aromatic rings. The molecule has 0 atom stereocenters. The van der Waals surface area contributed by atoms with Gasteiger partial charge < -0.3 is 5.73 Å². The number of nitrogens with two attached hydrogens (primary N) is 1. The minimum atomic E-state index is -4.42. The molecule has 1 heterocycles. The van der Waals surface area contributed by atoms with Crippen molar-refractivity contribution in [2.75, 3.05) is 5.73 Å². The molecule has 0 unspecified atom stereocenters. The van der Waals surface area contributed by atoms with Crippen LogP contribution in [0.5, 0.6) is 0 Å². The average molecular weight is 378 g/mol. The molecule has 2 N–H and O–H groups in total. The molecule has 0 aliphatic rings. The summed E-state index contributed by atoms with van der Waals surface area (Å²) in [6.45, 7) is 0. The SMILES string of the molecule is Nc1cccc(-c2c(Cc3ccccc3)cnc3ccc(C(F)(F)F)cc23)c1. The second-order valence-corrected chi connectivity index (χ2v) is 6.68. The predicted octanol–water partition coefficient (Wildman–Crippen LogP) is 6.09. The zero-order valence-corrected chi connectivity index (χ0v) is 14.9. The lowest BCUT2D eigenvalue weighted by Gasteiger charge is -2.15. The van der Waals surface area contributed by atoms with Crippen LogP contribution in [0.25, 0.3) is 22.0 Å². The fraction of sp³-hybridized carbons (Fsp3) is 0.0870. The van der Waals surface area contributed by atoms with Crippen molar-refractivity contribution in [3.05, 3.63) is 95.7 Å². The number of rotatable bonds is 3. The first-order valence-electron chi connectivity index (χ1n) is 8.80. The van der Waals surface area contributed by atoms with E-state index >= 15 is 0 Å². The standard InChI is InChI=1S/C23H17F3N2/c24-23(25,26)18-9-10-21-20(13-18)22(16-7-4-8-19(27)12-16)17(14-28-21)11-15-5-2-1-3-6-15/h1-10,12-14H,11,27H2. The van der Waals surface area contributed by atoms with Crippen LogP contribution < -0.4 is 5.73 Å². The van der Waals surface area contributed by atoms with E-state index in [1.54, 1.807) is 24.4 Å². The molecule has 0 spiro atoms. The molecule has 0 saturated carbocycles. The summed E-state index contributed by atoms with van der Waals surface area (Å²) in [5.41, 5.74) is 9.74. The van der Waals surface area contributed by atoms with Gasteiger partial charge in [-0.15, -0.1) is 0 Å². The van der Waals surface area contributed by atoms with Gasteiger partial charge in [-0.25, -0.2) is 0 Å².